The molecule has 8 heteroatoms. The van der Waals surface area contributed by atoms with Crippen molar-refractivity contribution in [1.29, 1.82) is 0 Å². The molecule has 0 radical (unpaired) electrons. The molecule has 144 valence electrons. The maximum absolute atomic E-state index is 6.13. The van der Waals surface area contributed by atoms with Crippen LogP contribution in [0.3, 0.4) is 0 Å². The van der Waals surface area contributed by atoms with Crippen molar-refractivity contribution in [3.8, 4) is 0 Å². The van der Waals surface area contributed by atoms with Crippen molar-refractivity contribution in [1.82, 2.24) is 15.1 Å². The summed E-state index contributed by atoms with van der Waals surface area (Å²) in [5.41, 5.74) is 1.11. The Labute approximate surface area is 171 Å². The second-order valence-electron chi connectivity index (χ2n) is 6.61. The molecular formula is C18H26Cl2N4OS. The van der Waals surface area contributed by atoms with Crippen LogP contribution in [-0.2, 0) is 4.74 Å². The lowest BCUT2D eigenvalue weighted by atomic mass is 10.2. The van der Waals surface area contributed by atoms with Crippen molar-refractivity contribution in [2.45, 2.75) is 6.42 Å². The van der Waals surface area contributed by atoms with E-state index in [2.05, 4.69) is 20.0 Å². The zero-order valence-electron chi connectivity index (χ0n) is 14.9. The smallest absolute Gasteiger partial charge is 0.169 e. The number of rotatable bonds is 5. The predicted octanol–water partition coefficient (Wildman–Crippen LogP) is 2.71. The summed E-state index contributed by atoms with van der Waals surface area (Å²) in [7, 11) is 0. The summed E-state index contributed by atoms with van der Waals surface area (Å²) in [4.78, 5) is 7.02. The van der Waals surface area contributed by atoms with Crippen LogP contribution in [-0.4, -0.2) is 80.5 Å². The fourth-order valence-corrected chi connectivity index (χ4v) is 3.86. The molecule has 0 atom stereocenters. The van der Waals surface area contributed by atoms with Gasteiger partial charge in [-0.1, -0.05) is 23.2 Å². The number of halogens is 2. The number of anilines is 1. The molecule has 26 heavy (non-hydrogen) atoms. The predicted molar refractivity (Wildman–Crippen MR) is 113 cm³/mol. The van der Waals surface area contributed by atoms with Crippen LogP contribution < -0.4 is 10.2 Å². The molecule has 1 N–H and O–H groups in total. The number of hydrogen-bond acceptors (Lipinski definition) is 4. The minimum absolute atomic E-state index is 0.594. The maximum Gasteiger partial charge on any atom is 0.169 e. The molecule has 2 saturated heterocycles. The minimum atomic E-state index is 0.594. The number of benzene rings is 1. The number of nitrogens with one attached hydrogen (secondary N) is 1. The Bertz CT molecular complexity index is 605. The molecular weight excluding hydrogens is 391 g/mol. The quantitative estimate of drug-likeness (QED) is 0.586. The Balaban J connectivity index is 1.35. The zero-order chi connectivity index (χ0) is 18.4. The first-order valence-electron chi connectivity index (χ1n) is 9.16. The second-order valence-corrected chi connectivity index (χ2v) is 7.81. The molecule has 3 rings (SSSR count). The average Bonchev–Trinajstić information content (AvgIpc) is 2.68. The van der Waals surface area contributed by atoms with Crippen LogP contribution in [0.5, 0.6) is 0 Å². The SMILES string of the molecule is S=C(NCCCN1CCOCC1)N1CCN(c2ccc(Cl)c(Cl)c2)CC1. The van der Waals surface area contributed by atoms with Gasteiger partial charge in [0.2, 0.25) is 0 Å². The van der Waals surface area contributed by atoms with E-state index >= 15 is 0 Å². The molecule has 0 spiro atoms. The van der Waals surface area contributed by atoms with Crippen molar-refractivity contribution < 1.29 is 4.74 Å². The third-order valence-electron chi connectivity index (χ3n) is 4.87. The van der Waals surface area contributed by atoms with Crippen molar-refractivity contribution in [3.05, 3.63) is 28.2 Å². The molecule has 1 aromatic rings. The molecule has 0 saturated carbocycles. The van der Waals surface area contributed by atoms with Gasteiger partial charge in [0.05, 0.1) is 23.3 Å². The van der Waals surface area contributed by atoms with E-state index in [0.29, 0.717) is 10.0 Å². The van der Waals surface area contributed by atoms with Crippen LogP contribution >= 0.6 is 35.4 Å². The molecule has 0 bridgehead atoms. The van der Waals surface area contributed by atoms with Gasteiger partial charge in [-0.25, -0.2) is 0 Å². The van der Waals surface area contributed by atoms with E-state index in [9.17, 15) is 0 Å². The lowest BCUT2D eigenvalue weighted by Crippen LogP contribution is -2.52. The minimum Gasteiger partial charge on any atom is -0.379 e. The van der Waals surface area contributed by atoms with Crippen LogP contribution in [0.2, 0.25) is 10.0 Å². The summed E-state index contributed by atoms with van der Waals surface area (Å²) in [6, 6.07) is 5.81. The van der Waals surface area contributed by atoms with Gasteiger partial charge in [-0.3, -0.25) is 4.90 Å². The van der Waals surface area contributed by atoms with E-state index in [1.54, 1.807) is 0 Å². The van der Waals surface area contributed by atoms with Gasteiger partial charge in [0.25, 0.3) is 0 Å². The van der Waals surface area contributed by atoms with Gasteiger partial charge in [0.15, 0.2) is 5.11 Å². The molecule has 2 aliphatic heterocycles. The van der Waals surface area contributed by atoms with E-state index in [4.69, 9.17) is 40.2 Å². The molecule has 2 heterocycles. The highest BCUT2D eigenvalue weighted by molar-refractivity contribution is 7.80. The van der Waals surface area contributed by atoms with E-state index in [0.717, 1.165) is 82.8 Å². The Morgan fingerprint density at radius 2 is 1.77 bits per heavy atom. The number of piperazine rings is 1. The highest BCUT2D eigenvalue weighted by atomic mass is 35.5. The van der Waals surface area contributed by atoms with Gasteiger partial charge in [0, 0.05) is 51.5 Å². The number of hydrogen-bond donors (Lipinski definition) is 1. The number of nitrogens with zero attached hydrogens (tertiary/aromatic N) is 3. The molecule has 0 aromatic heterocycles. The fraction of sp³-hybridized carbons (Fsp3) is 0.611. The lowest BCUT2D eigenvalue weighted by Gasteiger charge is -2.37. The Morgan fingerprint density at radius 1 is 1.04 bits per heavy atom. The topological polar surface area (TPSA) is 31.0 Å². The Hall–Kier alpha value is -0.790. The van der Waals surface area contributed by atoms with Gasteiger partial charge in [-0.05, 0) is 43.4 Å². The van der Waals surface area contributed by atoms with Gasteiger partial charge >= 0.3 is 0 Å². The van der Waals surface area contributed by atoms with E-state index in [-0.39, 0.29) is 0 Å². The third-order valence-corrected chi connectivity index (χ3v) is 6.01. The van der Waals surface area contributed by atoms with Crippen LogP contribution in [0.4, 0.5) is 5.69 Å². The van der Waals surface area contributed by atoms with Crippen molar-refractivity contribution in [2.24, 2.45) is 0 Å². The van der Waals surface area contributed by atoms with Crippen LogP contribution in [0, 0.1) is 0 Å². The monoisotopic (exact) mass is 416 g/mol. The molecule has 0 aliphatic carbocycles. The molecule has 2 aliphatic rings. The summed E-state index contributed by atoms with van der Waals surface area (Å²) in [6.45, 7) is 9.49. The summed E-state index contributed by atoms with van der Waals surface area (Å²) in [5.74, 6) is 0. The van der Waals surface area contributed by atoms with Crippen LogP contribution in [0.25, 0.3) is 0 Å². The molecule has 0 unspecified atom stereocenters. The first-order chi connectivity index (χ1) is 12.6. The average molecular weight is 417 g/mol. The Kier molecular flexibility index (Phi) is 7.64. The largest absolute Gasteiger partial charge is 0.379 e. The summed E-state index contributed by atoms with van der Waals surface area (Å²) in [5, 5.41) is 5.46. The van der Waals surface area contributed by atoms with Gasteiger partial charge in [-0.2, -0.15) is 0 Å². The zero-order valence-corrected chi connectivity index (χ0v) is 17.3. The molecule has 1 aromatic carbocycles. The normalized spacial score (nSPS) is 18.8. The van der Waals surface area contributed by atoms with E-state index < -0.39 is 0 Å². The standard InChI is InChI=1S/C18H26Cl2N4OS/c19-16-3-2-15(14-17(16)20)23-6-8-24(9-7-23)18(26)21-4-1-5-22-10-12-25-13-11-22/h2-3,14H,1,4-13H2,(H,21,26). The summed E-state index contributed by atoms with van der Waals surface area (Å²) < 4.78 is 5.37. The second kappa shape index (κ2) is 9.95. The molecule has 0 amide bonds. The van der Waals surface area contributed by atoms with Crippen molar-refractivity contribution in [3.63, 3.8) is 0 Å². The van der Waals surface area contributed by atoms with E-state index in [1.807, 2.05) is 18.2 Å². The lowest BCUT2D eigenvalue weighted by molar-refractivity contribution is 0.0376. The summed E-state index contributed by atoms with van der Waals surface area (Å²) >= 11 is 17.7. The van der Waals surface area contributed by atoms with Crippen LogP contribution in [0.15, 0.2) is 18.2 Å². The summed E-state index contributed by atoms with van der Waals surface area (Å²) in [6.07, 6.45) is 1.10. The highest BCUT2D eigenvalue weighted by Crippen LogP contribution is 2.27. The number of ether oxygens (including phenoxy) is 1. The van der Waals surface area contributed by atoms with Gasteiger partial charge < -0.3 is 19.9 Å². The number of thiocarbonyl (C=S) groups is 1. The molecule has 5 nitrogen and oxygen atoms in total. The van der Waals surface area contributed by atoms with Crippen molar-refractivity contribution in [2.75, 3.05) is 70.5 Å². The van der Waals surface area contributed by atoms with E-state index in [1.165, 1.54) is 0 Å². The first-order valence-corrected chi connectivity index (χ1v) is 10.3. The maximum atomic E-state index is 6.13. The first kappa shape index (κ1) is 20.0. The van der Waals surface area contributed by atoms with Gasteiger partial charge in [0.1, 0.15) is 0 Å². The van der Waals surface area contributed by atoms with Crippen LogP contribution in [0.1, 0.15) is 6.42 Å². The fourth-order valence-electron chi connectivity index (χ4n) is 3.28. The number of morpholine rings is 1. The van der Waals surface area contributed by atoms with Crippen molar-refractivity contribution >= 4 is 46.2 Å². The Morgan fingerprint density at radius 3 is 2.46 bits per heavy atom. The highest BCUT2D eigenvalue weighted by Gasteiger charge is 2.19. The third kappa shape index (κ3) is 5.60. The van der Waals surface area contributed by atoms with Gasteiger partial charge in [-0.15, -0.1) is 0 Å². The molecule has 2 fully saturated rings.